The van der Waals surface area contributed by atoms with Gasteiger partial charge in [0.25, 0.3) is 5.91 Å². The molecule has 0 atom stereocenters. The van der Waals surface area contributed by atoms with Crippen LogP contribution in [0.3, 0.4) is 0 Å². The molecule has 2 N–H and O–H groups in total. The number of aromatic nitrogens is 2. The zero-order valence-corrected chi connectivity index (χ0v) is 19.6. The maximum absolute atomic E-state index is 11.5. The number of pyridine rings is 2. The molecule has 2 saturated heterocycles. The van der Waals surface area contributed by atoms with Gasteiger partial charge >= 0.3 is 5.97 Å². The molecule has 2 aromatic rings. The first-order valence-electron chi connectivity index (χ1n) is 10.3. The Morgan fingerprint density at radius 3 is 1.70 bits per heavy atom. The zero-order valence-electron chi connectivity index (χ0n) is 18.1. The van der Waals surface area contributed by atoms with Crippen molar-refractivity contribution in [1.82, 2.24) is 15.3 Å². The monoisotopic (exact) mass is 497 g/mol. The van der Waals surface area contributed by atoms with Crippen molar-refractivity contribution in [1.29, 1.82) is 0 Å². The lowest BCUT2D eigenvalue weighted by molar-refractivity contribution is 0.0690. The number of amides is 1. The lowest BCUT2D eigenvalue weighted by atomic mass is 10.3. The number of hydrogen-bond acceptors (Lipinski definition) is 8. The molecule has 178 valence electrons. The highest BCUT2D eigenvalue weighted by Gasteiger charge is 2.17. The van der Waals surface area contributed by atoms with Crippen LogP contribution in [0.5, 0.6) is 0 Å². The molecule has 0 saturated carbocycles. The van der Waals surface area contributed by atoms with E-state index in [9.17, 15) is 9.59 Å². The summed E-state index contributed by atoms with van der Waals surface area (Å²) in [4.78, 5) is 34.7. The largest absolute Gasteiger partial charge is 0.477 e. The van der Waals surface area contributed by atoms with Crippen molar-refractivity contribution in [2.24, 2.45) is 0 Å². The van der Waals surface area contributed by atoms with Crippen LogP contribution < -0.4 is 15.1 Å². The van der Waals surface area contributed by atoms with Gasteiger partial charge in [-0.25, -0.2) is 14.8 Å². The highest BCUT2D eigenvalue weighted by atomic mass is 35.5. The van der Waals surface area contributed by atoms with E-state index >= 15 is 0 Å². The second kappa shape index (κ2) is 12.0. The molecule has 10 nitrogen and oxygen atoms in total. The van der Waals surface area contributed by atoms with Gasteiger partial charge in [-0.3, -0.25) is 4.79 Å². The number of halogens is 2. The van der Waals surface area contributed by atoms with E-state index in [1.54, 1.807) is 25.2 Å². The highest BCUT2D eigenvalue weighted by Crippen LogP contribution is 2.21. The van der Waals surface area contributed by atoms with Gasteiger partial charge in [0.1, 0.15) is 17.3 Å². The lowest BCUT2D eigenvalue weighted by Crippen LogP contribution is -2.37. The Balaban J connectivity index is 0.000000186. The number of carboxylic acid groups (broad SMARTS) is 1. The second-order valence-corrected chi connectivity index (χ2v) is 8.01. The molecule has 12 heteroatoms. The predicted molar refractivity (Wildman–Crippen MR) is 125 cm³/mol. The summed E-state index contributed by atoms with van der Waals surface area (Å²) in [7, 11) is 1.57. The molecule has 1 amide bonds. The fourth-order valence-electron chi connectivity index (χ4n) is 3.23. The van der Waals surface area contributed by atoms with Crippen molar-refractivity contribution < 1.29 is 24.2 Å². The molecule has 2 aliphatic heterocycles. The summed E-state index contributed by atoms with van der Waals surface area (Å²) in [5.74, 6) is 0.00613. The van der Waals surface area contributed by atoms with Crippen molar-refractivity contribution in [3.8, 4) is 0 Å². The first kappa shape index (κ1) is 25.0. The number of anilines is 2. The first-order chi connectivity index (χ1) is 15.9. The molecule has 0 aromatic carbocycles. The normalized spacial score (nSPS) is 16.0. The molecule has 4 heterocycles. The molecule has 0 spiro atoms. The van der Waals surface area contributed by atoms with Crippen LogP contribution in [-0.4, -0.2) is 86.6 Å². The van der Waals surface area contributed by atoms with E-state index in [4.69, 9.17) is 37.8 Å². The van der Waals surface area contributed by atoms with Crippen molar-refractivity contribution >= 4 is 46.7 Å². The van der Waals surface area contributed by atoms with E-state index in [2.05, 4.69) is 20.2 Å². The Bertz CT molecular complexity index is 982. The Kier molecular flexibility index (Phi) is 9.07. The molecule has 2 aliphatic rings. The van der Waals surface area contributed by atoms with Crippen molar-refractivity contribution in [2.45, 2.75) is 0 Å². The molecular weight excluding hydrogens is 473 g/mol. The third kappa shape index (κ3) is 7.16. The van der Waals surface area contributed by atoms with Crippen LogP contribution in [0.4, 0.5) is 11.6 Å². The second-order valence-electron chi connectivity index (χ2n) is 7.14. The fourth-order valence-corrected chi connectivity index (χ4v) is 3.63. The maximum atomic E-state index is 11.5. The van der Waals surface area contributed by atoms with Gasteiger partial charge in [-0.1, -0.05) is 23.2 Å². The van der Waals surface area contributed by atoms with Gasteiger partial charge in [0.05, 0.1) is 26.4 Å². The number of nitrogens with zero attached hydrogens (tertiary/aromatic N) is 4. The SMILES string of the molecule is CNC(=O)c1cc(Cl)cc(N2CCOCC2)n1.O=C(O)c1cc(Cl)cc(N2CCOCC2)n1. The fraction of sp³-hybridized carbons (Fsp3) is 0.429. The summed E-state index contributed by atoms with van der Waals surface area (Å²) >= 11 is 11.8. The summed E-state index contributed by atoms with van der Waals surface area (Å²) in [6.07, 6.45) is 0. The lowest BCUT2D eigenvalue weighted by Gasteiger charge is -2.28. The average molecular weight is 498 g/mol. The number of rotatable bonds is 4. The van der Waals surface area contributed by atoms with Crippen molar-refractivity contribution in [3.05, 3.63) is 45.7 Å². The minimum absolute atomic E-state index is 0.0333. The quantitative estimate of drug-likeness (QED) is 0.654. The molecule has 33 heavy (non-hydrogen) atoms. The molecular formula is C21H25Cl2N5O5. The van der Waals surface area contributed by atoms with Crippen LogP contribution in [0.15, 0.2) is 24.3 Å². The summed E-state index contributed by atoms with van der Waals surface area (Å²) in [6.45, 7) is 5.51. The third-order valence-corrected chi connectivity index (χ3v) is 5.34. The van der Waals surface area contributed by atoms with Crippen LogP contribution in [0.25, 0.3) is 0 Å². The molecule has 0 aliphatic carbocycles. The number of carboxylic acids is 1. The van der Waals surface area contributed by atoms with Crippen molar-refractivity contribution in [3.63, 3.8) is 0 Å². The van der Waals surface area contributed by atoms with Crippen molar-refractivity contribution in [2.75, 3.05) is 69.5 Å². The van der Waals surface area contributed by atoms with Gasteiger partial charge in [0.2, 0.25) is 0 Å². The number of carbonyl (C=O) groups is 2. The summed E-state index contributed by atoms with van der Waals surface area (Å²) in [6, 6.07) is 6.33. The number of hydrogen-bond donors (Lipinski definition) is 2. The number of nitrogens with one attached hydrogen (secondary N) is 1. The molecule has 2 aromatic heterocycles. The standard InChI is InChI=1S/C11H14ClN3O2.C10H11ClN2O3/c1-13-11(16)9-6-8(12)7-10(14-9)15-2-4-17-5-3-15;11-7-5-8(10(14)15)12-9(6-7)13-1-3-16-4-2-13/h6-7H,2-5H2,1H3,(H,13,16);5-6H,1-4H2,(H,14,15). The van der Waals surface area contributed by atoms with E-state index in [0.29, 0.717) is 61.1 Å². The van der Waals surface area contributed by atoms with E-state index in [1.165, 1.54) is 6.07 Å². The van der Waals surface area contributed by atoms with E-state index in [-0.39, 0.29) is 11.6 Å². The predicted octanol–water partition coefficient (Wildman–Crippen LogP) is 2.20. The van der Waals surface area contributed by atoms with Gasteiger partial charge in [-0.2, -0.15) is 0 Å². The van der Waals surface area contributed by atoms with Crippen LogP contribution in [0, 0.1) is 0 Å². The Morgan fingerprint density at radius 2 is 1.27 bits per heavy atom. The number of ether oxygens (including phenoxy) is 2. The molecule has 4 rings (SSSR count). The minimum Gasteiger partial charge on any atom is -0.477 e. The Morgan fingerprint density at radius 1 is 0.848 bits per heavy atom. The van der Waals surface area contributed by atoms with Gasteiger partial charge < -0.3 is 29.7 Å². The third-order valence-electron chi connectivity index (χ3n) is 4.90. The maximum Gasteiger partial charge on any atom is 0.354 e. The Hall–Kier alpha value is -2.66. The molecule has 0 bridgehead atoms. The Labute approximate surface area is 201 Å². The number of carbonyl (C=O) groups excluding carboxylic acids is 1. The molecule has 0 unspecified atom stereocenters. The van der Waals surface area contributed by atoms with Crippen LogP contribution >= 0.6 is 23.2 Å². The van der Waals surface area contributed by atoms with E-state index in [1.807, 2.05) is 4.90 Å². The number of aromatic carboxylic acids is 1. The topological polar surface area (TPSA) is 117 Å². The average Bonchev–Trinajstić information content (AvgIpc) is 2.84. The molecule has 2 fully saturated rings. The molecule has 0 radical (unpaired) electrons. The van der Waals surface area contributed by atoms with Gasteiger partial charge in [0.15, 0.2) is 5.69 Å². The summed E-state index contributed by atoms with van der Waals surface area (Å²) in [5, 5.41) is 12.3. The van der Waals surface area contributed by atoms with Gasteiger partial charge in [-0.05, 0) is 24.3 Å². The smallest absolute Gasteiger partial charge is 0.354 e. The summed E-state index contributed by atoms with van der Waals surface area (Å²) < 4.78 is 10.5. The van der Waals surface area contributed by atoms with Crippen LogP contribution in [-0.2, 0) is 9.47 Å². The zero-order chi connectivity index (χ0) is 23.8. The van der Waals surface area contributed by atoms with Crippen LogP contribution in [0.2, 0.25) is 10.0 Å². The van der Waals surface area contributed by atoms with Crippen LogP contribution in [0.1, 0.15) is 21.0 Å². The van der Waals surface area contributed by atoms with Gasteiger partial charge in [-0.15, -0.1) is 0 Å². The highest BCUT2D eigenvalue weighted by molar-refractivity contribution is 6.31. The van der Waals surface area contributed by atoms with E-state index < -0.39 is 5.97 Å². The summed E-state index contributed by atoms with van der Waals surface area (Å²) in [5.41, 5.74) is 0.301. The van der Waals surface area contributed by atoms with E-state index in [0.717, 1.165) is 18.9 Å². The number of morpholine rings is 2. The first-order valence-corrected chi connectivity index (χ1v) is 11.1. The van der Waals surface area contributed by atoms with Gasteiger partial charge in [0, 0.05) is 43.3 Å². The minimum atomic E-state index is -1.07.